The Labute approximate surface area is 115 Å². The lowest BCUT2D eigenvalue weighted by Gasteiger charge is -2.35. The van der Waals surface area contributed by atoms with Crippen LogP contribution in [0.25, 0.3) is 0 Å². The van der Waals surface area contributed by atoms with Crippen molar-refractivity contribution in [2.75, 3.05) is 5.32 Å². The number of carbonyl (C=O) groups is 1. The summed E-state index contributed by atoms with van der Waals surface area (Å²) in [6.45, 7) is 0. The second kappa shape index (κ2) is 5.25. The van der Waals surface area contributed by atoms with Gasteiger partial charge in [-0.25, -0.2) is 4.79 Å². The van der Waals surface area contributed by atoms with Crippen LogP contribution in [0.4, 0.5) is 5.69 Å². The van der Waals surface area contributed by atoms with Crippen LogP contribution in [0.2, 0.25) is 0 Å². The van der Waals surface area contributed by atoms with Gasteiger partial charge in [-0.3, -0.25) is 0 Å². The fraction of sp³-hybridized carbons (Fsp3) is 0.462. The number of nitrogens with one attached hydrogen (secondary N) is 1. The predicted molar refractivity (Wildman–Crippen MR) is 76.2 cm³/mol. The second-order valence-corrected chi connectivity index (χ2v) is 5.83. The Morgan fingerprint density at radius 1 is 1.29 bits per heavy atom. The van der Waals surface area contributed by atoms with E-state index in [2.05, 4.69) is 27.9 Å². The Morgan fingerprint density at radius 2 is 2.00 bits per heavy atom. The van der Waals surface area contributed by atoms with Crippen LogP contribution in [0.1, 0.15) is 32.1 Å². The average molecular weight is 345 g/mol. The minimum atomic E-state index is -0.761. The van der Waals surface area contributed by atoms with Gasteiger partial charge < -0.3 is 10.4 Å². The topological polar surface area (TPSA) is 49.3 Å². The molecule has 0 amide bonds. The molecule has 0 atom stereocenters. The molecule has 92 valence electrons. The molecule has 1 aliphatic rings. The maximum Gasteiger partial charge on any atom is 0.329 e. The molecule has 1 aromatic carbocycles. The summed E-state index contributed by atoms with van der Waals surface area (Å²) in [4.78, 5) is 11.5. The number of hydrogen-bond acceptors (Lipinski definition) is 2. The average Bonchev–Trinajstić information content (AvgIpc) is 2.30. The summed E-state index contributed by atoms with van der Waals surface area (Å²) >= 11 is 2.23. The molecule has 3 nitrogen and oxygen atoms in total. The van der Waals surface area contributed by atoms with Crippen molar-refractivity contribution < 1.29 is 9.90 Å². The zero-order valence-electron chi connectivity index (χ0n) is 9.58. The number of hydrogen-bond donors (Lipinski definition) is 2. The molecule has 0 unspecified atom stereocenters. The number of anilines is 1. The second-order valence-electron chi connectivity index (χ2n) is 4.58. The van der Waals surface area contributed by atoms with Crippen LogP contribution in [0.5, 0.6) is 0 Å². The van der Waals surface area contributed by atoms with E-state index >= 15 is 0 Å². The molecule has 0 aliphatic heterocycles. The lowest BCUT2D eigenvalue weighted by Crippen LogP contribution is -2.47. The minimum Gasteiger partial charge on any atom is -0.480 e. The van der Waals surface area contributed by atoms with Crippen molar-refractivity contribution >= 4 is 34.2 Å². The Morgan fingerprint density at radius 3 is 2.59 bits per heavy atom. The van der Waals surface area contributed by atoms with E-state index in [9.17, 15) is 9.90 Å². The maximum absolute atomic E-state index is 11.5. The van der Waals surface area contributed by atoms with Crippen molar-refractivity contribution in [1.29, 1.82) is 0 Å². The van der Waals surface area contributed by atoms with E-state index in [1.165, 1.54) is 0 Å². The summed E-state index contributed by atoms with van der Waals surface area (Å²) in [5.41, 5.74) is 0.143. The molecule has 1 aliphatic carbocycles. The number of carboxylic acids is 1. The zero-order valence-corrected chi connectivity index (χ0v) is 11.7. The van der Waals surface area contributed by atoms with Gasteiger partial charge in [-0.05, 0) is 53.6 Å². The normalized spacial score (nSPS) is 18.6. The van der Waals surface area contributed by atoms with Crippen molar-refractivity contribution in [2.45, 2.75) is 37.6 Å². The highest BCUT2D eigenvalue weighted by molar-refractivity contribution is 14.1. The first kappa shape index (κ1) is 12.7. The lowest BCUT2D eigenvalue weighted by molar-refractivity contribution is -0.143. The Bertz CT molecular complexity index is 414. The van der Waals surface area contributed by atoms with Crippen LogP contribution in [-0.2, 0) is 4.79 Å². The molecule has 2 rings (SSSR count). The first-order chi connectivity index (χ1) is 8.12. The number of benzene rings is 1. The van der Waals surface area contributed by atoms with Gasteiger partial charge in [0.1, 0.15) is 5.54 Å². The van der Waals surface area contributed by atoms with Gasteiger partial charge in [0.25, 0.3) is 0 Å². The Hall–Kier alpha value is -0.780. The highest BCUT2D eigenvalue weighted by atomic mass is 127. The maximum atomic E-state index is 11.5. The van der Waals surface area contributed by atoms with E-state index in [1.807, 2.05) is 24.3 Å². The standard InChI is InChI=1S/C13H16INO2/c14-10-5-4-6-11(9-10)15-13(12(16)17)7-2-1-3-8-13/h4-6,9,15H,1-3,7-8H2,(H,16,17). The van der Waals surface area contributed by atoms with Gasteiger partial charge in [0.05, 0.1) is 0 Å². The van der Waals surface area contributed by atoms with Gasteiger partial charge >= 0.3 is 5.97 Å². The number of carboxylic acid groups (broad SMARTS) is 1. The van der Waals surface area contributed by atoms with Crippen molar-refractivity contribution in [3.8, 4) is 0 Å². The molecular formula is C13H16INO2. The van der Waals surface area contributed by atoms with E-state index in [-0.39, 0.29) is 0 Å². The van der Waals surface area contributed by atoms with Crippen molar-refractivity contribution in [1.82, 2.24) is 0 Å². The number of aliphatic carboxylic acids is 1. The zero-order chi connectivity index (χ0) is 12.3. The highest BCUT2D eigenvalue weighted by Crippen LogP contribution is 2.32. The molecule has 0 saturated heterocycles. The van der Waals surface area contributed by atoms with Gasteiger partial charge in [0, 0.05) is 9.26 Å². The molecule has 1 aromatic rings. The largest absolute Gasteiger partial charge is 0.480 e. The lowest BCUT2D eigenvalue weighted by atomic mass is 9.81. The molecule has 2 N–H and O–H groups in total. The fourth-order valence-corrected chi connectivity index (χ4v) is 2.93. The van der Waals surface area contributed by atoms with E-state index < -0.39 is 11.5 Å². The fourth-order valence-electron chi connectivity index (χ4n) is 2.39. The molecule has 0 aromatic heterocycles. The van der Waals surface area contributed by atoms with Crippen LogP contribution in [0.15, 0.2) is 24.3 Å². The molecule has 0 heterocycles. The molecule has 0 spiro atoms. The van der Waals surface area contributed by atoms with Crippen molar-refractivity contribution in [3.05, 3.63) is 27.8 Å². The Balaban J connectivity index is 2.20. The molecule has 1 fully saturated rings. The minimum absolute atomic E-state index is 0.716. The van der Waals surface area contributed by atoms with Gasteiger partial charge in [-0.1, -0.05) is 25.3 Å². The highest BCUT2D eigenvalue weighted by Gasteiger charge is 2.39. The quantitative estimate of drug-likeness (QED) is 0.825. The summed E-state index contributed by atoms with van der Waals surface area (Å²) < 4.78 is 1.11. The summed E-state index contributed by atoms with van der Waals surface area (Å²) in [7, 11) is 0. The summed E-state index contributed by atoms with van der Waals surface area (Å²) in [5, 5.41) is 12.7. The molecule has 0 bridgehead atoms. The number of rotatable bonds is 3. The first-order valence-corrected chi connectivity index (χ1v) is 6.97. The SMILES string of the molecule is O=C(O)C1(Nc2cccc(I)c2)CCCCC1. The number of halogens is 1. The van der Waals surface area contributed by atoms with Gasteiger partial charge in [-0.2, -0.15) is 0 Å². The van der Waals surface area contributed by atoms with Gasteiger partial charge in [-0.15, -0.1) is 0 Å². The molecule has 4 heteroatoms. The molecule has 17 heavy (non-hydrogen) atoms. The van der Waals surface area contributed by atoms with Crippen molar-refractivity contribution in [3.63, 3.8) is 0 Å². The third-order valence-corrected chi connectivity index (χ3v) is 4.00. The predicted octanol–water partition coefficient (Wildman–Crippen LogP) is 3.49. The summed E-state index contributed by atoms with van der Waals surface area (Å²) in [6, 6.07) is 7.86. The van der Waals surface area contributed by atoms with E-state index in [4.69, 9.17) is 0 Å². The van der Waals surface area contributed by atoms with E-state index in [1.54, 1.807) is 0 Å². The molecular weight excluding hydrogens is 329 g/mol. The van der Waals surface area contributed by atoms with Crippen LogP contribution < -0.4 is 5.32 Å². The monoisotopic (exact) mass is 345 g/mol. The molecule has 1 saturated carbocycles. The Kier molecular flexibility index (Phi) is 3.91. The third kappa shape index (κ3) is 2.91. The van der Waals surface area contributed by atoms with Crippen molar-refractivity contribution in [2.24, 2.45) is 0 Å². The van der Waals surface area contributed by atoms with Gasteiger partial charge in [0.2, 0.25) is 0 Å². The van der Waals surface area contributed by atoms with Gasteiger partial charge in [0.15, 0.2) is 0 Å². The summed E-state index contributed by atoms with van der Waals surface area (Å²) in [6.07, 6.45) is 4.55. The van der Waals surface area contributed by atoms with Crippen LogP contribution in [0, 0.1) is 3.57 Å². The summed E-state index contributed by atoms with van der Waals surface area (Å²) in [5.74, 6) is -0.726. The first-order valence-electron chi connectivity index (χ1n) is 5.90. The smallest absolute Gasteiger partial charge is 0.329 e. The molecule has 0 radical (unpaired) electrons. The van der Waals surface area contributed by atoms with E-state index in [0.29, 0.717) is 12.8 Å². The van der Waals surface area contributed by atoms with Crippen LogP contribution in [-0.4, -0.2) is 16.6 Å². The van der Waals surface area contributed by atoms with Crippen LogP contribution >= 0.6 is 22.6 Å². The third-order valence-electron chi connectivity index (χ3n) is 3.32. The van der Waals surface area contributed by atoms with Crippen LogP contribution in [0.3, 0.4) is 0 Å². The van der Waals surface area contributed by atoms with E-state index in [0.717, 1.165) is 28.5 Å².